The van der Waals surface area contributed by atoms with E-state index in [1.165, 1.54) is 6.92 Å². The standard InChI is InChI=1S/C26H30F3N5O2/c1-5-24(2,3)8-9-34-22-17(21(33-34)32-23(35)25(4)12-26(28,29)13-25)10-15(11-30-22)16-6-7-18-20(19(16)27)31-14-36-18/h6-7,10-11,31H,5,8-9,12-14H2,1-4H3,(H,32,33,35). The lowest BCUT2D eigenvalue weighted by molar-refractivity contribution is -0.170. The van der Waals surface area contributed by atoms with Gasteiger partial charge in [-0.05, 0) is 30.0 Å². The molecular formula is C26H30F3N5O2. The van der Waals surface area contributed by atoms with Gasteiger partial charge in [-0.1, -0.05) is 34.1 Å². The number of carbonyl (C=O) groups excluding carboxylic acids is 1. The number of carbonyl (C=O) groups is 1. The monoisotopic (exact) mass is 501 g/mol. The first-order valence-electron chi connectivity index (χ1n) is 12.2. The molecule has 3 aromatic rings. The number of benzene rings is 1. The Bertz CT molecular complexity index is 1340. The van der Waals surface area contributed by atoms with Gasteiger partial charge in [0, 0.05) is 36.7 Å². The van der Waals surface area contributed by atoms with Gasteiger partial charge in [0.25, 0.3) is 0 Å². The summed E-state index contributed by atoms with van der Waals surface area (Å²) in [5.41, 5.74) is 0.554. The molecule has 0 spiro atoms. The molecule has 7 nitrogen and oxygen atoms in total. The van der Waals surface area contributed by atoms with Crippen LogP contribution in [-0.4, -0.2) is 33.3 Å². The Morgan fingerprint density at radius 1 is 1.31 bits per heavy atom. The first-order chi connectivity index (χ1) is 16.9. The fourth-order valence-electron chi connectivity index (χ4n) is 4.80. The summed E-state index contributed by atoms with van der Waals surface area (Å²) in [5, 5.41) is 10.8. The molecule has 0 radical (unpaired) electrons. The SMILES string of the molecule is CCC(C)(C)CCn1nc(NC(=O)C2(C)CC(F)(F)C2)c2cc(-c3ccc4c(c3F)NCO4)cnc21. The first-order valence-corrected chi connectivity index (χ1v) is 12.2. The van der Waals surface area contributed by atoms with Gasteiger partial charge in [-0.2, -0.15) is 5.10 Å². The number of nitrogens with zero attached hydrogens (tertiary/aromatic N) is 3. The van der Waals surface area contributed by atoms with Crippen molar-refractivity contribution in [1.82, 2.24) is 14.8 Å². The van der Waals surface area contributed by atoms with E-state index < -0.39 is 35.9 Å². The van der Waals surface area contributed by atoms with Crippen LogP contribution in [0.3, 0.4) is 0 Å². The highest BCUT2D eigenvalue weighted by Crippen LogP contribution is 2.52. The van der Waals surface area contributed by atoms with E-state index in [0.717, 1.165) is 12.8 Å². The highest BCUT2D eigenvalue weighted by molar-refractivity contribution is 6.02. The number of aromatic nitrogens is 3. The van der Waals surface area contributed by atoms with E-state index in [0.29, 0.717) is 34.5 Å². The average molecular weight is 502 g/mol. The molecule has 1 aliphatic carbocycles. The summed E-state index contributed by atoms with van der Waals surface area (Å²) in [5.74, 6) is -3.13. The van der Waals surface area contributed by atoms with Gasteiger partial charge < -0.3 is 15.4 Å². The van der Waals surface area contributed by atoms with Crippen LogP contribution < -0.4 is 15.4 Å². The third kappa shape index (κ3) is 4.26. The van der Waals surface area contributed by atoms with E-state index in [4.69, 9.17) is 4.74 Å². The molecule has 10 heteroatoms. The van der Waals surface area contributed by atoms with Gasteiger partial charge in [0.05, 0.1) is 10.8 Å². The Hall–Kier alpha value is -3.30. The summed E-state index contributed by atoms with van der Waals surface area (Å²) in [7, 11) is 0. The first kappa shape index (κ1) is 24.4. The van der Waals surface area contributed by atoms with Crippen molar-refractivity contribution < 1.29 is 22.7 Å². The van der Waals surface area contributed by atoms with E-state index >= 15 is 4.39 Å². The highest BCUT2D eigenvalue weighted by atomic mass is 19.3. The quantitative estimate of drug-likeness (QED) is 0.403. The van der Waals surface area contributed by atoms with Crippen molar-refractivity contribution in [1.29, 1.82) is 0 Å². The maximum atomic E-state index is 15.2. The van der Waals surface area contributed by atoms with Crippen LogP contribution in [0, 0.1) is 16.6 Å². The Balaban J connectivity index is 1.53. The molecule has 192 valence electrons. The zero-order chi connectivity index (χ0) is 25.9. The van der Waals surface area contributed by atoms with Crippen LogP contribution in [0.1, 0.15) is 53.4 Å². The highest BCUT2D eigenvalue weighted by Gasteiger charge is 2.57. The number of hydrogen-bond acceptors (Lipinski definition) is 5. The minimum absolute atomic E-state index is 0.0786. The van der Waals surface area contributed by atoms with Gasteiger partial charge >= 0.3 is 0 Å². The minimum Gasteiger partial charge on any atom is -0.471 e. The zero-order valence-electron chi connectivity index (χ0n) is 20.8. The number of fused-ring (bicyclic) bond motifs is 2. The molecule has 0 saturated heterocycles. The van der Waals surface area contributed by atoms with E-state index in [9.17, 15) is 13.6 Å². The third-order valence-electron chi connectivity index (χ3n) is 7.51. The number of ether oxygens (including phenoxy) is 1. The Morgan fingerprint density at radius 2 is 2.06 bits per heavy atom. The molecule has 3 heterocycles. The van der Waals surface area contributed by atoms with Gasteiger partial charge in [0.1, 0.15) is 11.4 Å². The number of anilines is 2. The van der Waals surface area contributed by atoms with Crippen LogP contribution in [0.2, 0.25) is 0 Å². The maximum Gasteiger partial charge on any atom is 0.250 e. The second kappa shape index (κ2) is 8.38. The van der Waals surface area contributed by atoms with Crippen molar-refractivity contribution >= 4 is 28.4 Å². The molecule has 1 aliphatic heterocycles. The molecule has 1 aromatic carbocycles. The van der Waals surface area contributed by atoms with E-state index in [-0.39, 0.29) is 23.7 Å². The second-order valence-corrected chi connectivity index (χ2v) is 10.9. The minimum atomic E-state index is -2.84. The largest absolute Gasteiger partial charge is 0.471 e. The van der Waals surface area contributed by atoms with Crippen molar-refractivity contribution in [2.45, 2.75) is 65.8 Å². The number of hydrogen-bond donors (Lipinski definition) is 2. The molecule has 0 atom stereocenters. The van der Waals surface area contributed by atoms with Crippen LogP contribution in [0.4, 0.5) is 24.7 Å². The Morgan fingerprint density at radius 3 is 2.75 bits per heavy atom. The fraction of sp³-hybridized carbons (Fsp3) is 0.500. The molecule has 1 saturated carbocycles. The second-order valence-electron chi connectivity index (χ2n) is 10.9. The summed E-state index contributed by atoms with van der Waals surface area (Å²) in [6.07, 6.45) is 2.37. The maximum absolute atomic E-state index is 15.2. The van der Waals surface area contributed by atoms with Crippen molar-refractivity contribution in [3.8, 4) is 16.9 Å². The zero-order valence-corrected chi connectivity index (χ0v) is 20.8. The summed E-state index contributed by atoms with van der Waals surface area (Å²) < 4.78 is 49.4. The molecule has 0 unspecified atom stereocenters. The predicted octanol–water partition coefficient (Wildman–Crippen LogP) is 6.20. The van der Waals surface area contributed by atoms with Crippen LogP contribution in [0.25, 0.3) is 22.2 Å². The van der Waals surface area contributed by atoms with Crippen molar-refractivity contribution in [2.75, 3.05) is 17.4 Å². The lowest BCUT2D eigenvalue weighted by atomic mass is 9.67. The molecule has 36 heavy (non-hydrogen) atoms. The van der Waals surface area contributed by atoms with Gasteiger partial charge in [-0.25, -0.2) is 22.8 Å². The topological polar surface area (TPSA) is 81.1 Å². The number of nitrogens with one attached hydrogen (secondary N) is 2. The molecule has 2 aliphatic rings. The summed E-state index contributed by atoms with van der Waals surface area (Å²) in [4.78, 5) is 17.5. The van der Waals surface area contributed by atoms with Crippen LogP contribution in [0.5, 0.6) is 5.75 Å². The molecular weight excluding hydrogens is 471 g/mol. The Kier molecular flexibility index (Phi) is 5.68. The lowest BCUT2D eigenvalue weighted by Gasteiger charge is -2.43. The number of pyridine rings is 1. The van der Waals surface area contributed by atoms with Gasteiger partial charge in [0.2, 0.25) is 11.8 Å². The molecule has 1 amide bonds. The van der Waals surface area contributed by atoms with Gasteiger partial charge in [-0.3, -0.25) is 4.79 Å². The number of rotatable bonds is 7. The summed E-state index contributed by atoms with van der Waals surface area (Å²) in [6.45, 7) is 8.74. The third-order valence-corrected chi connectivity index (χ3v) is 7.51. The van der Waals surface area contributed by atoms with Gasteiger partial charge in [-0.15, -0.1) is 0 Å². The van der Waals surface area contributed by atoms with Crippen LogP contribution in [-0.2, 0) is 11.3 Å². The van der Waals surface area contributed by atoms with E-state index in [1.807, 2.05) is 0 Å². The molecule has 0 bridgehead atoms. The number of amides is 1. The number of alkyl halides is 2. The normalized spacial score (nSPS) is 17.8. The summed E-state index contributed by atoms with van der Waals surface area (Å²) in [6, 6.07) is 5.03. The fourth-order valence-corrected chi connectivity index (χ4v) is 4.80. The number of halogens is 3. The van der Waals surface area contributed by atoms with E-state index in [2.05, 4.69) is 41.5 Å². The lowest BCUT2D eigenvalue weighted by Crippen LogP contribution is -2.51. The smallest absolute Gasteiger partial charge is 0.250 e. The summed E-state index contributed by atoms with van der Waals surface area (Å²) >= 11 is 0. The molecule has 2 aromatic heterocycles. The van der Waals surface area contributed by atoms with Crippen molar-refractivity contribution in [3.63, 3.8) is 0 Å². The Labute approximate surface area is 207 Å². The van der Waals surface area contributed by atoms with Crippen LogP contribution in [0.15, 0.2) is 24.4 Å². The predicted molar refractivity (Wildman–Crippen MR) is 132 cm³/mol. The molecule has 5 rings (SSSR count). The van der Waals surface area contributed by atoms with Gasteiger partial charge in [0.15, 0.2) is 24.0 Å². The van der Waals surface area contributed by atoms with E-state index in [1.54, 1.807) is 29.1 Å². The van der Waals surface area contributed by atoms with Crippen molar-refractivity contribution in [2.24, 2.45) is 10.8 Å². The molecule has 1 fully saturated rings. The average Bonchev–Trinajstić information content (AvgIpc) is 3.42. The van der Waals surface area contributed by atoms with Crippen LogP contribution >= 0.6 is 0 Å². The number of aryl methyl sites for hydroxylation is 1. The molecule has 2 N–H and O–H groups in total. The van der Waals surface area contributed by atoms with Crippen molar-refractivity contribution in [3.05, 3.63) is 30.2 Å².